The lowest BCUT2D eigenvalue weighted by Gasteiger charge is -2.39. The number of carbonyl (C=O) groups is 2. The summed E-state index contributed by atoms with van der Waals surface area (Å²) in [6.45, 7) is 2.01. The highest BCUT2D eigenvalue weighted by atomic mass is 16.3. The van der Waals surface area contributed by atoms with Gasteiger partial charge in [-0.2, -0.15) is 0 Å². The van der Waals surface area contributed by atoms with Crippen molar-refractivity contribution in [1.29, 1.82) is 0 Å². The quantitative estimate of drug-likeness (QED) is 0.830. The van der Waals surface area contributed by atoms with Gasteiger partial charge in [-0.1, -0.05) is 0 Å². The monoisotopic (exact) mass is 305 g/mol. The maximum absolute atomic E-state index is 12.2. The molecule has 2 atom stereocenters. The smallest absolute Gasteiger partial charge is 0.241 e. The molecule has 0 radical (unpaired) electrons. The third kappa shape index (κ3) is 2.88. The molecule has 2 aliphatic heterocycles. The van der Waals surface area contributed by atoms with Crippen LogP contribution in [0.15, 0.2) is 23.0 Å². The maximum atomic E-state index is 12.2. The van der Waals surface area contributed by atoms with Crippen LogP contribution in [0.25, 0.3) is 0 Å². The number of amides is 2. The fraction of sp³-hybridized carbons (Fsp3) is 0.625. The number of likely N-dealkylation sites (tertiary alicyclic amines) is 2. The fourth-order valence-corrected chi connectivity index (χ4v) is 3.54. The molecule has 2 saturated heterocycles. The average Bonchev–Trinajstić information content (AvgIpc) is 3.12. The Kier molecular flexibility index (Phi) is 4.20. The van der Waals surface area contributed by atoms with Crippen LogP contribution < -0.4 is 0 Å². The summed E-state index contributed by atoms with van der Waals surface area (Å²) in [4.78, 5) is 30.0. The van der Waals surface area contributed by atoms with Crippen molar-refractivity contribution in [3.05, 3.63) is 24.2 Å². The van der Waals surface area contributed by atoms with E-state index in [1.54, 1.807) is 36.4 Å². The van der Waals surface area contributed by atoms with Crippen LogP contribution in [-0.2, 0) is 16.1 Å². The zero-order valence-corrected chi connectivity index (χ0v) is 13.2. The number of carbonyl (C=O) groups excluding carboxylic acids is 2. The minimum absolute atomic E-state index is 0.0118. The van der Waals surface area contributed by atoms with Crippen molar-refractivity contribution < 1.29 is 14.0 Å². The molecule has 2 fully saturated rings. The van der Waals surface area contributed by atoms with Crippen molar-refractivity contribution in [2.75, 3.05) is 27.2 Å². The highest BCUT2D eigenvalue weighted by molar-refractivity contribution is 5.85. The molecule has 0 aliphatic carbocycles. The summed E-state index contributed by atoms with van der Waals surface area (Å²) >= 11 is 0. The Balaban J connectivity index is 1.69. The number of furan rings is 1. The van der Waals surface area contributed by atoms with E-state index < -0.39 is 0 Å². The number of rotatable bonds is 4. The number of fused-ring (bicyclic) bond motifs is 1. The molecule has 1 aromatic rings. The molecule has 0 spiro atoms. The van der Waals surface area contributed by atoms with Crippen LogP contribution in [0.4, 0.5) is 0 Å². The summed E-state index contributed by atoms with van der Waals surface area (Å²) in [7, 11) is 3.46. The van der Waals surface area contributed by atoms with E-state index in [9.17, 15) is 9.59 Å². The highest BCUT2D eigenvalue weighted by Gasteiger charge is 2.43. The van der Waals surface area contributed by atoms with Crippen LogP contribution in [-0.4, -0.2) is 65.8 Å². The molecule has 0 saturated carbocycles. The van der Waals surface area contributed by atoms with Gasteiger partial charge in [-0.05, 0) is 18.9 Å². The molecule has 2 amide bonds. The number of piperidine rings is 1. The predicted molar refractivity (Wildman–Crippen MR) is 81.0 cm³/mol. The van der Waals surface area contributed by atoms with Gasteiger partial charge in [0.1, 0.15) is 6.54 Å². The highest BCUT2D eigenvalue weighted by Crippen LogP contribution is 2.32. The van der Waals surface area contributed by atoms with Gasteiger partial charge >= 0.3 is 0 Å². The van der Waals surface area contributed by atoms with Crippen LogP contribution in [0.3, 0.4) is 0 Å². The number of likely N-dealkylation sites (N-methyl/N-ethyl adjacent to an activating group) is 1. The molecular weight excluding hydrogens is 282 g/mol. The first-order valence-electron chi connectivity index (χ1n) is 7.81. The number of hydrogen-bond acceptors (Lipinski definition) is 4. The third-order valence-corrected chi connectivity index (χ3v) is 4.77. The molecular formula is C16H23N3O3. The Labute approximate surface area is 130 Å². The molecule has 2 aliphatic rings. The second kappa shape index (κ2) is 6.12. The van der Waals surface area contributed by atoms with E-state index in [-0.39, 0.29) is 24.4 Å². The SMILES string of the molecule is CN(C)C(=O)CN1C(=O)CC[C@@H]2[C@H]1CCN2Cc1ccoc1. The first kappa shape index (κ1) is 15.1. The van der Waals surface area contributed by atoms with Gasteiger partial charge in [-0.25, -0.2) is 0 Å². The summed E-state index contributed by atoms with van der Waals surface area (Å²) in [6.07, 6.45) is 5.82. The molecule has 3 rings (SSSR count). The standard InChI is InChI=1S/C16H23N3O3/c1-17(2)16(21)10-19-14-5-7-18(9-12-6-8-22-11-12)13(14)3-4-15(19)20/h6,8,11,13-14H,3-5,7,9-10H2,1-2H3/t13-,14-/m1/s1. The molecule has 0 unspecified atom stereocenters. The largest absolute Gasteiger partial charge is 0.472 e. The van der Waals surface area contributed by atoms with Crippen molar-refractivity contribution in [3.63, 3.8) is 0 Å². The molecule has 1 aromatic heterocycles. The summed E-state index contributed by atoms with van der Waals surface area (Å²) in [5.41, 5.74) is 1.16. The Morgan fingerprint density at radius 1 is 1.36 bits per heavy atom. The Hall–Kier alpha value is -1.82. The van der Waals surface area contributed by atoms with Crippen molar-refractivity contribution in [2.24, 2.45) is 0 Å². The van der Waals surface area contributed by atoms with Crippen LogP contribution in [0.5, 0.6) is 0 Å². The van der Waals surface area contributed by atoms with Crippen molar-refractivity contribution >= 4 is 11.8 Å². The maximum Gasteiger partial charge on any atom is 0.241 e. The number of hydrogen-bond donors (Lipinski definition) is 0. The second-order valence-electron chi connectivity index (χ2n) is 6.37. The molecule has 0 N–H and O–H groups in total. The predicted octanol–water partition coefficient (Wildman–Crippen LogP) is 0.933. The lowest BCUT2D eigenvalue weighted by molar-refractivity contribution is -0.144. The van der Waals surface area contributed by atoms with Gasteiger partial charge in [0.2, 0.25) is 11.8 Å². The van der Waals surface area contributed by atoms with Crippen molar-refractivity contribution in [1.82, 2.24) is 14.7 Å². The zero-order valence-electron chi connectivity index (χ0n) is 13.2. The van der Waals surface area contributed by atoms with Gasteiger partial charge in [-0.15, -0.1) is 0 Å². The number of nitrogens with zero attached hydrogens (tertiary/aromatic N) is 3. The van der Waals surface area contributed by atoms with Gasteiger partial charge in [-0.3, -0.25) is 14.5 Å². The van der Waals surface area contributed by atoms with E-state index in [1.165, 1.54) is 0 Å². The summed E-state index contributed by atoms with van der Waals surface area (Å²) < 4.78 is 5.14. The van der Waals surface area contributed by atoms with Gasteiger partial charge in [0.05, 0.1) is 12.5 Å². The zero-order chi connectivity index (χ0) is 15.7. The van der Waals surface area contributed by atoms with E-state index in [4.69, 9.17) is 4.42 Å². The minimum atomic E-state index is -0.0118. The summed E-state index contributed by atoms with van der Waals surface area (Å²) in [6, 6.07) is 2.49. The summed E-state index contributed by atoms with van der Waals surface area (Å²) in [5, 5.41) is 0. The Morgan fingerprint density at radius 3 is 2.86 bits per heavy atom. The van der Waals surface area contributed by atoms with Gasteiger partial charge in [0, 0.05) is 51.3 Å². The van der Waals surface area contributed by atoms with E-state index in [0.29, 0.717) is 12.5 Å². The average molecular weight is 305 g/mol. The van der Waals surface area contributed by atoms with Crippen LogP contribution in [0.2, 0.25) is 0 Å². The Morgan fingerprint density at radius 2 is 2.18 bits per heavy atom. The molecule has 6 heteroatoms. The van der Waals surface area contributed by atoms with Gasteiger partial charge < -0.3 is 14.2 Å². The molecule has 120 valence electrons. The van der Waals surface area contributed by atoms with Crippen LogP contribution >= 0.6 is 0 Å². The van der Waals surface area contributed by atoms with Crippen LogP contribution in [0.1, 0.15) is 24.8 Å². The van der Waals surface area contributed by atoms with Crippen molar-refractivity contribution in [3.8, 4) is 0 Å². The topological polar surface area (TPSA) is 57.0 Å². The molecule has 0 aromatic carbocycles. The van der Waals surface area contributed by atoms with E-state index in [0.717, 1.165) is 31.5 Å². The first-order chi connectivity index (χ1) is 10.6. The van der Waals surface area contributed by atoms with Crippen molar-refractivity contribution in [2.45, 2.75) is 37.9 Å². The second-order valence-corrected chi connectivity index (χ2v) is 6.37. The fourth-order valence-electron chi connectivity index (χ4n) is 3.54. The van der Waals surface area contributed by atoms with E-state index >= 15 is 0 Å². The third-order valence-electron chi connectivity index (χ3n) is 4.77. The minimum Gasteiger partial charge on any atom is -0.472 e. The molecule has 3 heterocycles. The Bertz CT molecular complexity index is 541. The van der Waals surface area contributed by atoms with E-state index in [1.807, 2.05) is 6.07 Å². The normalized spacial score (nSPS) is 25.4. The van der Waals surface area contributed by atoms with Crippen LogP contribution in [0, 0.1) is 0 Å². The molecule has 6 nitrogen and oxygen atoms in total. The van der Waals surface area contributed by atoms with E-state index in [2.05, 4.69) is 4.90 Å². The summed E-state index contributed by atoms with van der Waals surface area (Å²) in [5.74, 6) is 0.101. The first-order valence-corrected chi connectivity index (χ1v) is 7.81. The lowest BCUT2D eigenvalue weighted by atomic mass is 9.96. The van der Waals surface area contributed by atoms with Gasteiger partial charge in [0.25, 0.3) is 0 Å². The molecule has 22 heavy (non-hydrogen) atoms. The van der Waals surface area contributed by atoms with Gasteiger partial charge in [0.15, 0.2) is 0 Å². The lowest BCUT2D eigenvalue weighted by Crippen LogP contribution is -2.54. The molecule has 0 bridgehead atoms.